The van der Waals surface area contributed by atoms with Gasteiger partial charge in [0.1, 0.15) is 0 Å². The molecule has 2 aliphatic carbocycles. The van der Waals surface area contributed by atoms with Gasteiger partial charge in [-0.15, -0.1) is 0 Å². The van der Waals surface area contributed by atoms with Gasteiger partial charge in [0.15, 0.2) is 0 Å². The van der Waals surface area contributed by atoms with Gasteiger partial charge in [0.25, 0.3) is 0 Å². The van der Waals surface area contributed by atoms with Crippen molar-refractivity contribution >= 4 is 0 Å². The van der Waals surface area contributed by atoms with Gasteiger partial charge in [-0.05, 0) is 45.1 Å². The third-order valence-electron chi connectivity index (χ3n) is 4.74. The summed E-state index contributed by atoms with van der Waals surface area (Å²) in [5, 5.41) is 0. The molecular formula is C14H28N2. The average Bonchev–Trinajstić information content (AvgIpc) is 2.29. The van der Waals surface area contributed by atoms with Crippen LogP contribution in [0.15, 0.2) is 0 Å². The van der Waals surface area contributed by atoms with Gasteiger partial charge in [0.05, 0.1) is 0 Å². The molecule has 16 heavy (non-hydrogen) atoms. The number of nitrogens with zero attached hydrogens (tertiary/aromatic N) is 1. The van der Waals surface area contributed by atoms with E-state index in [-0.39, 0.29) is 5.54 Å². The van der Waals surface area contributed by atoms with Crippen molar-refractivity contribution in [3.8, 4) is 0 Å². The molecule has 0 unspecified atom stereocenters. The highest BCUT2D eigenvalue weighted by Gasteiger charge is 2.33. The summed E-state index contributed by atoms with van der Waals surface area (Å²) < 4.78 is 0. The van der Waals surface area contributed by atoms with Crippen molar-refractivity contribution in [3.05, 3.63) is 0 Å². The van der Waals surface area contributed by atoms with Gasteiger partial charge in [0, 0.05) is 18.1 Å². The number of hydrogen-bond acceptors (Lipinski definition) is 2. The van der Waals surface area contributed by atoms with Gasteiger partial charge in [-0.25, -0.2) is 0 Å². The predicted molar refractivity (Wildman–Crippen MR) is 69.5 cm³/mol. The Morgan fingerprint density at radius 3 is 2.31 bits per heavy atom. The van der Waals surface area contributed by atoms with Gasteiger partial charge in [-0.1, -0.05) is 26.2 Å². The molecule has 0 aromatic rings. The Hall–Kier alpha value is -0.0800. The Labute approximate surface area is 101 Å². The molecule has 2 N–H and O–H groups in total. The van der Waals surface area contributed by atoms with E-state index in [0.717, 1.165) is 6.04 Å². The average molecular weight is 224 g/mol. The summed E-state index contributed by atoms with van der Waals surface area (Å²) >= 11 is 0. The molecule has 0 bridgehead atoms. The van der Waals surface area contributed by atoms with E-state index in [1.807, 2.05) is 0 Å². The summed E-state index contributed by atoms with van der Waals surface area (Å²) in [5.74, 6) is 0. The van der Waals surface area contributed by atoms with E-state index >= 15 is 0 Å². The number of hydrogen-bond donors (Lipinski definition) is 1. The summed E-state index contributed by atoms with van der Waals surface area (Å²) in [4.78, 5) is 2.69. The van der Waals surface area contributed by atoms with Crippen molar-refractivity contribution in [2.75, 3.05) is 13.1 Å². The fraction of sp³-hybridized carbons (Fsp3) is 1.00. The lowest BCUT2D eigenvalue weighted by Gasteiger charge is -2.41. The molecule has 0 amide bonds. The van der Waals surface area contributed by atoms with Crippen LogP contribution in [-0.4, -0.2) is 29.6 Å². The lowest BCUT2D eigenvalue weighted by Crippen LogP contribution is -2.50. The van der Waals surface area contributed by atoms with Crippen LogP contribution in [0.25, 0.3) is 0 Å². The molecular weight excluding hydrogens is 196 g/mol. The molecule has 2 aliphatic rings. The third kappa shape index (κ3) is 2.98. The first-order chi connectivity index (χ1) is 7.73. The molecule has 0 heterocycles. The highest BCUT2D eigenvalue weighted by Crippen LogP contribution is 2.33. The van der Waals surface area contributed by atoms with E-state index in [1.54, 1.807) is 0 Å². The normalized spacial score (nSPS) is 25.7. The summed E-state index contributed by atoms with van der Waals surface area (Å²) in [6.45, 7) is 4.75. The highest BCUT2D eigenvalue weighted by atomic mass is 15.1. The zero-order valence-electron chi connectivity index (χ0n) is 10.9. The summed E-state index contributed by atoms with van der Waals surface area (Å²) in [7, 11) is 0. The van der Waals surface area contributed by atoms with Gasteiger partial charge in [-0.3, -0.25) is 0 Å². The van der Waals surface area contributed by atoms with Crippen LogP contribution in [0.3, 0.4) is 0 Å². The largest absolute Gasteiger partial charge is 0.325 e. The molecule has 0 aliphatic heterocycles. The molecule has 0 aromatic carbocycles. The summed E-state index contributed by atoms with van der Waals surface area (Å²) in [5.41, 5.74) is 6.52. The first-order valence-corrected chi connectivity index (χ1v) is 7.26. The summed E-state index contributed by atoms with van der Waals surface area (Å²) in [6.07, 6.45) is 12.3. The van der Waals surface area contributed by atoms with Crippen molar-refractivity contribution in [3.63, 3.8) is 0 Å². The monoisotopic (exact) mass is 224 g/mol. The first kappa shape index (κ1) is 12.4. The Morgan fingerprint density at radius 1 is 1.12 bits per heavy atom. The second-order valence-electron chi connectivity index (χ2n) is 5.89. The molecule has 2 rings (SSSR count). The summed E-state index contributed by atoms with van der Waals surface area (Å²) in [6, 6.07) is 0.863. The Morgan fingerprint density at radius 2 is 1.81 bits per heavy atom. The zero-order chi connectivity index (χ0) is 11.4. The second-order valence-corrected chi connectivity index (χ2v) is 5.89. The maximum absolute atomic E-state index is 6.31. The topological polar surface area (TPSA) is 29.3 Å². The van der Waals surface area contributed by atoms with Gasteiger partial charge in [0.2, 0.25) is 0 Å². The van der Waals surface area contributed by atoms with E-state index in [2.05, 4.69) is 11.8 Å². The van der Waals surface area contributed by atoms with Crippen LogP contribution in [0.1, 0.15) is 64.7 Å². The van der Waals surface area contributed by atoms with E-state index in [1.165, 1.54) is 70.9 Å². The standard InChI is InChI=1S/C14H28N2/c1-2-16(13-7-4-3-5-8-13)12-11-14(15)9-6-10-14/h13H,2-12,15H2,1H3. The van der Waals surface area contributed by atoms with E-state index in [4.69, 9.17) is 5.73 Å². The Kier molecular flexibility index (Phi) is 4.26. The van der Waals surface area contributed by atoms with E-state index in [0.29, 0.717) is 0 Å². The van der Waals surface area contributed by atoms with Crippen LogP contribution in [0.2, 0.25) is 0 Å². The Bertz CT molecular complexity index is 205. The van der Waals surface area contributed by atoms with Crippen LogP contribution in [-0.2, 0) is 0 Å². The van der Waals surface area contributed by atoms with Gasteiger partial charge in [-0.2, -0.15) is 0 Å². The van der Waals surface area contributed by atoms with Crippen molar-refractivity contribution < 1.29 is 0 Å². The van der Waals surface area contributed by atoms with Crippen molar-refractivity contribution in [2.45, 2.75) is 76.3 Å². The second kappa shape index (κ2) is 5.50. The quantitative estimate of drug-likeness (QED) is 0.778. The van der Waals surface area contributed by atoms with Crippen LogP contribution in [0.5, 0.6) is 0 Å². The molecule has 0 aromatic heterocycles. The minimum Gasteiger partial charge on any atom is -0.325 e. The Balaban J connectivity index is 1.75. The van der Waals surface area contributed by atoms with Crippen molar-refractivity contribution in [2.24, 2.45) is 5.73 Å². The van der Waals surface area contributed by atoms with Crippen molar-refractivity contribution in [1.82, 2.24) is 4.90 Å². The van der Waals surface area contributed by atoms with Crippen LogP contribution in [0.4, 0.5) is 0 Å². The predicted octanol–water partition coefficient (Wildman–Crippen LogP) is 2.91. The third-order valence-corrected chi connectivity index (χ3v) is 4.74. The molecule has 0 spiro atoms. The molecule has 0 radical (unpaired) electrons. The van der Waals surface area contributed by atoms with Gasteiger partial charge < -0.3 is 10.6 Å². The van der Waals surface area contributed by atoms with Crippen LogP contribution in [0, 0.1) is 0 Å². The number of rotatable bonds is 5. The SMILES string of the molecule is CCN(CCC1(N)CCC1)C1CCCCC1. The van der Waals surface area contributed by atoms with Crippen molar-refractivity contribution in [1.29, 1.82) is 0 Å². The smallest absolute Gasteiger partial charge is 0.0166 e. The lowest BCUT2D eigenvalue weighted by atomic mass is 9.75. The minimum absolute atomic E-state index is 0.210. The zero-order valence-corrected chi connectivity index (χ0v) is 10.9. The van der Waals surface area contributed by atoms with Crippen LogP contribution < -0.4 is 5.73 Å². The maximum Gasteiger partial charge on any atom is 0.0166 e. The fourth-order valence-electron chi connectivity index (χ4n) is 3.29. The molecule has 94 valence electrons. The molecule has 2 heteroatoms. The number of nitrogens with two attached hydrogens (primary N) is 1. The molecule has 2 saturated carbocycles. The first-order valence-electron chi connectivity index (χ1n) is 7.26. The van der Waals surface area contributed by atoms with Crippen LogP contribution >= 0.6 is 0 Å². The molecule has 2 nitrogen and oxygen atoms in total. The lowest BCUT2D eigenvalue weighted by molar-refractivity contribution is 0.129. The molecule has 2 fully saturated rings. The fourth-order valence-corrected chi connectivity index (χ4v) is 3.29. The minimum atomic E-state index is 0.210. The van der Waals surface area contributed by atoms with E-state index in [9.17, 15) is 0 Å². The highest BCUT2D eigenvalue weighted by molar-refractivity contribution is 4.93. The molecule has 0 atom stereocenters. The van der Waals surface area contributed by atoms with E-state index < -0.39 is 0 Å². The van der Waals surface area contributed by atoms with Gasteiger partial charge >= 0.3 is 0 Å². The molecule has 0 saturated heterocycles. The maximum atomic E-state index is 6.31.